The van der Waals surface area contributed by atoms with Crippen LogP contribution in [0.5, 0.6) is 5.75 Å². The second-order valence-electron chi connectivity index (χ2n) is 2.76. The molecule has 14 heavy (non-hydrogen) atoms. The lowest BCUT2D eigenvalue weighted by molar-refractivity contribution is 0.0482. The molecule has 3 nitrogen and oxygen atoms in total. The van der Waals surface area contributed by atoms with Crippen molar-refractivity contribution in [3.05, 3.63) is 29.1 Å². The van der Waals surface area contributed by atoms with Gasteiger partial charge in [0, 0.05) is 12.7 Å². The van der Waals surface area contributed by atoms with E-state index in [1.807, 2.05) is 0 Å². The molecule has 0 fully saturated rings. The zero-order chi connectivity index (χ0) is 10.6. The number of benzene rings is 1. The summed E-state index contributed by atoms with van der Waals surface area (Å²) in [5.41, 5.74) is 0.612. The number of halogens is 1. The fourth-order valence-electron chi connectivity index (χ4n) is 1.04. The maximum atomic E-state index is 13.4. The molecule has 0 amide bonds. The Bertz CT molecular complexity index is 336. The summed E-state index contributed by atoms with van der Waals surface area (Å²) in [5, 5.41) is 0. The molecule has 0 saturated carbocycles. The Labute approximate surface area is 81.4 Å². The van der Waals surface area contributed by atoms with Gasteiger partial charge in [0.25, 0.3) is 0 Å². The average Bonchev–Trinajstić information content (AvgIpc) is 2.20. The minimum Gasteiger partial charge on any atom is -0.464 e. The number of carbonyl (C=O) groups excluding carboxylic acids is 1. The van der Waals surface area contributed by atoms with E-state index in [1.54, 1.807) is 0 Å². The Hall–Kier alpha value is -1.42. The zero-order valence-electron chi connectivity index (χ0n) is 8.04. The fraction of sp³-hybridized carbons (Fsp3) is 0.300. The highest BCUT2D eigenvalue weighted by Crippen LogP contribution is 2.22. The zero-order valence-corrected chi connectivity index (χ0v) is 8.04. The average molecular weight is 198 g/mol. The summed E-state index contributed by atoms with van der Waals surface area (Å²) in [6, 6.07) is 2.92. The normalized spacial score (nSPS) is 9.93. The van der Waals surface area contributed by atoms with Crippen LogP contribution in [0.15, 0.2) is 12.1 Å². The molecule has 4 heteroatoms. The number of methoxy groups -OCH3 is 1. The van der Waals surface area contributed by atoms with E-state index >= 15 is 0 Å². The standard InChI is InChI=1S/C10H11FO3/c1-7-8(5-12)3-4-9(10(7)11)14-6-13-2/h3-5H,6H2,1-2H3. The Morgan fingerprint density at radius 1 is 1.50 bits per heavy atom. The number of hydrogen-bond acceptors (Lipinski definition) is 3. The van der Waals surface area contributed by atoms with E-state index in [0.29, 0.717) is 11.8 Å². The number of hydrogen-bond donors (Lipinski definition) is 0. The van der Waals surface area contributed by atoms with E-state index in [9.17, 15) is 9.18 Å². The number of carbonyl (C=O) groups is 1. The predicted octanol–water partition coefficient (Wildman–Crippen LogP) is 1.93. The lowest BCUT2D eigenvalue weighted by Gasteiger charge is -2.08. The fourth-order valence-corrected chi connectivity index (χ4v) is 1.04. The molecule has 0 aliphatic heterocycles. The molecule has 0 bridgehead atoms. The first-order chi connectivity index (χ1) is 6.70. The van der Waals surface area contributed by atoms with Crippen molar-refractivity contribution in [3.63, 3.8) is 0 Å². The molecule has 0 atom stereocenters. The van der Waals surface area contributed by atoms with Crippen molar-refractivity contribution in [1.29, 1.82) is 0 Å². The molecule has 1 aromatic carbocycles. The Morgan fingerprint density at radius 2 is 2.21 bits per heavy atom. The number of aldehydes is 1. The van der Waals surface area contributed by atoms with Crippen LogP contribution in [0, 0.1) is 12.7 Å². The van der Waals surface area contributed by atoms with Crippen molar-refractivity contribution >= 4 is 6.29 Å². The Kier molecular flexibility index (Phi) is 3.59. The summed E-state index contributed by atoms with van der Waals surface area (Å²) in [5.74, 6) is -0.429. The SMILES string of the molecule is COCOc1ccc(C=O)c(C)c1F. The van der Waals surface area contributed by atoms with E-state index in [0.717, 1.165) is 0 Å². The highest BCUT2D eigenvalue weighted by atomic mass is 19.1. The molecule has 0 N–H and O–H groups in total. The first kappa shape index (κ1) is 10.7. The highest BCUT2D eigenvalue weighted by molar-refractivity contribution is 5.77. The smallest absolute Gasteiger partial charge is 0.188 e. The van der Waals surface area contributed by atoms with Gasteiger partial charge in [0.05, 0.1) is 0 Å². The van der Waals surface area contributed by atoms with Crippen molar-refractivity contribution in [2.24, 2.45) is 0 Å². The first-order valence-corrected chi connectivity index (χ1v) is 4.06. The monoisotopic (exact) mass is 198 g/mol. The minimum atomic E-state index is -0.522. The minimum absolute atomic E-state index is 0.0171. The molecule has 0 saturated heterocycles. The van der Waals surface area contributed by atoms with Gasteiger partial charge in [-0.15, -0.1) is 0 Å². The van der Waals surface area contributed by atoms with Gasteiger partial charge in [-0.25, -0.2) is 4.39 Å². The molecule has 0 aliphatic carbocycles. The summed E-state index contributed by atoms with van der Waals surface area (Å²) >= 11 is 0. The van der Waals surface area contributed by atoms with Crippen LogP contribution in [0.4, 0.5) is 4.39 Å². The summed E-state index contributed by atoms with van der Waals surface area (Å²) in [7, 11) is 1.45. The van der Waals surface area contributed by atoms with Gasteiger partial charge >= 0.3 is 0 Å². The molecule has 0 aliphatic rings. The van der Waals surface area contributed by atoms with Gasteiger partial charge in [-0.1, -0.05) is 0 Å². The van der Waals surface area contributed by atoms with E-state index in [1.165, 1.54) is 26.2 Å². The van der Waals surface area contributed by atoms with Crippen molar-refractivity contribution < 1.29 is 18.7 Å². The van der Waals surface area contributed by atoms with Crippen molar-refractivity contribution in [1.82, 2.24) is 0 Å². The van der Waals surface area contributed by atoms with E-state index < -0.39 is 5.82 Å². The predicted molar refractivity (Wildman–Crippen MR) is 49.0 cm³/mol. The van der Waals surface area contributed by atoms with Gasteiger partial charge in [0.1, 0.15) is 6.29 Å². The van der Waals surface area contributed by atoms with Crippen molar-refractivity contribution in [3.8, 4) is 5.75 Å². The quantitative estimate of drug-likeness (QED) is 0.547. The third-order valence-electron chi connectivity index (χ3n) is 1.85. The van der Waals surface area contributed by atoms with Crippen molar-refractivity contribution in [2.75, 3.05) is 13.9 Å². The van der Waals surface area contributed by atoms with Crippen LogP contribution < -0.4 is 4.74 Å². The molecule has 0 heterocycles. The van der Waals surface area contributed by atoms with Gasteiger partial charge < -0.3 is 9.47 Å². The molecule has 0 spiro atoms. The lowest BCUT2D eigenvalue weighted by atomic mass is 10.1. The molecule has 1 aromatic rings. The van der Waals surface area contributed by atoms with Crippen LogP contribution >= 0.6 is 0 Å². The maximum absolute atomic E-state index is 13.4. The van der Waals surface area contributed by atoms with Crippen LogP contribution in [-0.4, -0.2) is 20.2 Å². The van der Waals surface area contributed by atoms with Gasteiger partial charge in [0.15, 0.2) is 18.4 Å². The second kappa shape index (κ2) is 4.72. The molecule has 1 rings (SSSR count). The van der Waals surface area contributed by atoms with Gasteiger partial charge in [0.2, 0.25) is 0 Å². The van der Waals surface area contributed by atoms with E-state index in [2.05, 4.69) is 4.74 Å². The molecule has 0 unspecified atom stereocenters. The summed E-state index contributed by atoms with van der Waals surface area (Å²) in [4.78, 5) is 10.5. The molecule has 0 aromatic heterocycles. The number of rotatable bonds is 4. The highest BCUT2D eigenvalue weighted by Gasteiger charge is 2.09. The molecular weight excluding hydrogens is 187 g/mol. The van der Waals surface area contributed by atoms with Crippen LogP contribution in [-0.2, 0) is 4.74 Å². The molecule has 76 valence electrons. The third-order valence-corrected chi connectivity index (χ3v) is 1.85. The van der Waals surface area contributed by atoms with Gasteiger partial charge in [-0.2, -0.15) is 0 Å². The van der Waals surface area contributed by atoms with Gasteiger partial charge in [-0.05, 0) is 24.6 Å². The molecule has 0 radical (unpaired) electrons. The summed E-state index contributed by atoms with van der Waals surface area (Å²) in [6.07, 6.45) is 0.610. The maximum Gasteiger partial charge on any atom is 0.188 e. The van der Waals surface area contributed by atoms with Crippen LogP contribution in [0.3, 0.4) is 0 Å². The second-order valence-corrected chi connectivity index (χ2v) is 2.76. The third kappa shape index (κ3) is 2.09. The first-order valence-electron chi connectivity index (χ1n) is 4.06. The topological polar surface area (TPSA) is 35.5 Å². The van der Waals surface area contributed by atoms with E-state index in [4.69, 9.17) is 4.74 Å². The van der Waals surface area contributed by atoms with Crippen molar-refractivity contribution in [2.45, 2.75) is 6.92 Å². The summed E-state index contributed by atoms with van der Waals surface area (Å²) < 4.78 is 23.0. The lowest BCUT2D eigenvalue weighted by Crippen LogP contribution is -2.02. The largest absolute Gasteiger partial charge is 0.464 e. The van der Waals surface area contributed by atoms with Crippen LogP contribution in [0.25, 0.3) is 0 Å². The summed E-state index contributed by atoms with van der Waals surface area (Å²) in [6.45, 7) is 1.51. The molecular formula is C10H11FO3. The van der Waals surface area contributed by atoms with Crippen LogP contribution in [0.2, 0.25) is 0 Å². The number of ether oxygens (including phenoxy) is 2. The van der Waals surface area contributed by atoms with Crippen LogP contribution in [0.1, 0.15) is 15.9 Å². The Balaban J connectivity index is 2.98. The van der Waals surface area contributed by atoms with E-state index in [-0.39, 0.29) is 18.1 Å². The Morgan fingerprint density at radius 3 is 2.79 bits per heavy atom. The van der Waals surface area contributed by atoms with Gasteiger partial charge in [-0.3, -0.25) is 4.79 Å².